The average Bonchev–Trinajstić information content (AvgIpc) is 2.85. The van der Waals surface area contributed by atoms with Gasteiger partial charge in [0, 0.05) is 23.9 Å². The molecule has 0 bridgehead atoms. The van der Waals surface area contributed by atoms with Crippen LogP contribution in [0.5, 0.6) is 0 Å². The third-order valence-electron chi connectivity index (χ3n) is 4.65. The predicted octanol–water partition coefficient (Wildman–Crippen LogP) is 2.96. The molecule has 2 rings (SSSR count). The Kier molecular flexibility index (Phi) is 4.44. The minimum absolute atomic E-state index is 0.313. The Bertz CT molecular complexity index is 360. The van der Waals surface area contributed by atoms with Gasteiger partial charge in [-0.15, -0.1) is 0 Å². The average molecular weight is 249 g/mol. The molecule has 1 aliphatic heterocycles. The van der Waals surface area contributed by atoms with Crippen LogP contribution in [-0.2, 0) is 12.0 Å². The van der Waals surface area contributed by atoms with Crippen LogP contribution in [0.25, 0.3) is 0 Å². The Balaban J connectivity index is 2.16. The van der Waals surface area contributed by atoms with Crippen molar-refractivity contribution < 1.29 is 0 Å². The molecule has 0 unspecified atom stereocenters. The number of hydrogen-bond donors (Lipinski definition) is 1. The molecule has 0 amide bonds. The van der Waals surface area contributed by atoms with Crippen LogP contribution in [0.15, 0.2) is 12.5 Å². The van der Waals surface area contributed by atoms with Gasteiger partial charge in [0.15, 0.2) is 0 Å². The third kappa shape index (κ3) is 2.77. The second-order valence-corrected chi connectivity index (χ2v) is 5.92. The van der Waals surface area contributed by atoms with Crippen molar-refractivity contribution in [1.29, 1.82) is 0 Å². The molecule has 0 radical (unpaired) electrons. The largest absolute Gasteiger partial charge is 0.334 e. The van der Waals surface area contributed by atoms with E-state index in [1.54, 1.807) is 0 Å². The molecule has 0 saturated carbocycles. The first-order valence-electron chi connectivity index (χ1n) is 7.41. The number of imidazole rings is 1. The molecule has 18 heavy (non-hydrogen) atoms. The summed E-state index contributed by atoms with van der Waals surface area (Å²) < 4.78 is 2.41. The second-order valence-electron chi connectivity index (χ2n) is 5.92. The van der Waals surface area contributed by atoms with Crippen molar-refractivity contribution in [3.63, 3.8) is 0 Å². The van der Waals surface area contributed by atoms with Gasteiger partial charge in [0.05, 0.1) is 6.33 Å². The molecule has 1 N–H and O–H groups in total. The van der Waals surface area contributed by atoms with Crippen molar-refractivity contribution in [2.75, 3.05) is 13.1 Å². The predicted molar refractivity (Wildman–Crippen MR) is 75.8 cm³/mol. The van der Waals surface area contributed by atoms with Crippen molar-refractivity contribution in [2.45, 2.75) is 58.4 Å². The molecule has 0 aliphatic carbocycles. The van der Waals surface area contributed by atoms with Gasteiger partial charge in [-0.25, -0.2) is 4.98 Å². The highest BCUT2D eigenvalue weighted by molar-refractivity contribution is 5.15. The van der Waals surface area contributed by atoms with Gasteiger partial charge in [0.2, 0.25) is 0 Å². The van der Waals surface area contributed by atoms with Crippen LogP contribution in [-0.4, -0.2) is 22.6 Å². The highest BCUT2D eigenvalue weighted by Gasteiger charge is 2.31. The van der Waals surface area contributed by atoms with E-state index in [0.29, 0.717) is 5.41 Å². The lowest BCUT2D eigenvalue weighted by atomic mass is 9.78. The fourth-order valence-corrected chi connectivity index (χ4v) is 3.03. The van der Waals surface area contributed by atoms with E-state index in [-0.39, 0.29) is 0 Å². The van der Waals surface area contributed by atoms with E-state index in [2.05, 4.69) is 41.8 Å². The maximum absolute atomic E-state index is 4.41. The standard InChI is InChI=1S/C15H27N3/c1-4-13(5-2)11-18-12-17-10-14(18)15(3)6-8-16-9-7-15/h10,12-13,16H,4-9,11H2,1-3H3. The van der Waals surface area contributed by atoms with Crippen molar-refractivity contribution in [2.24, 2.45) is 5.92 Å². The van der Waals surface area contributed by atoms with Crippen LogP contribution in [0.3, 0.4) is 0 Å². The number of hydrogen-bond acceptors (Lipinski definition) is 2. The Labute approximate surface area is 111 Å². The van der Waals surface area contributed by atoms with E-state index in [1.807, 2.05) is 6.33 Å². The summed E-state index contributed by atoms with van der Waals surface area (Å²) in [5.74, 6) is 0.781. The molecule has 1 aromatic heterocycles. The fraction of sp³-hybridized carbons (Fsp3) is 0.800. The maximum atomic E-state index is 4.41. The Morgan fingerprint density at radius 2 is 2.00 bits per heavy atom. The second kappa shape index (κ2) is 5.87. The van der Waals surface area contributed by atoms with Gasteiger partial charge in [-0.3, -0.25) is 0 Å². The molecule has 0 aromatic carbocycles. The van der Waals surface area contributed by atoms with Crippen LogP contribution in [0.2, 0.25) is 0 Å². The normalized spacial score (nSPS) is 19.3. The first-order valence-corrected chi connectivity index (χ1v) is 7.41. The molecule has 0 atom stereocenters. The molecule has 0 spiro atoms. The van der Waals surface area contributed by atoms with Gasteiger partial charge >= 0.3 is 0 Å². The van der Waals surface area contributed by atoms with E-state index in [1.165, 1.54) is 31.4 Å². The zero-order chi connectivity index (χ0) is 13.0. The quantitative estimate of drug-likeness (QED) is 0.869. The van der Waals surface area contributed by atoms with Gasteiger partial charge in [0.1, 0.15) is 0 Å². The number of piperidine rings is 1. The topological polar surface area (TPSA) is 29.9 Å². The van der Waals surface area contributed by atoms with E-state index in [4.69, 9.17) is 0 Å². The summed E-state index contributed by atoms with van der Waals surface area (Å²) >= 11 is 0. The van der Waals surface area contributed by atoms with Gasteiger partial charge in [-0.2, -0.15) is 0 Å². The van der Waals surface area contributed by atoms with Crippen molar-refractivity contribution in [3.8, 4) is 0 Å². The molecule has 3 heteroatoms. The van der Waals surface area contributed by atoms with Crippen molar-refractivity contribution in [3.05, 3.63) is 18.2 Å². The molecular formula is C15H27N3. The first kappa shape index (κ1) is 13.6. The summed E-state index contributed by atoms with van der Waals surface area (Å²) in [5.41, 5.74) is 1.75. The van der Waals surface area contributed by atoms with E-state index in [9.17, 15) is 0 Å². The summed E-state index contributed by atoms with van der Waals surface area (Å²) in [6.07, 6.45) is 9.08. The molecule has 1 aliphatic rings. The summed E-state index contributed by atoms with van der Waals surface area (Å²) in [7, 11) is 0. The van der Waals surface area contributed by atoms with Gasteiger partial charge in [-0.1, -0.05) is 33.6 Å². The molecule has 2 heterocycles. The van der Waals surface area contributed by atoms with Gasteiger partial charge < -0.3 is 9.88 Å². The van der Waals surface area contributed by atoms with E-state index in [0.717, 1.165) is 25.6 Å². The lowest BCUT2D eigenvalue weighted by Gasteiger charge is -2.35. The highest BCUT2D eigenvalue weighted by atomic mass is 15.1. The number of nitrogens with one attached hydrogen (secondary N) is 1. The molecule has 3 nitrogen and oxygen atoms in total. The Hall–Kier alpha value is -0.830. The Morgan fingerprint density at radius 1 is 1.33 bits per heavy atom. The van der Waals surface area contributed by atoms with Crippen LogP contribution in [0, 0.1) is 5.92 Å². The first-order chi connectivity index (χ1) is 8.69. The third-order valence-corrected chi connectivity index (χ3v) is 4.65. The maximum Gasteiger partial charge on any atom is 0.0948 e. The Morgan fingerprint density at radius 3 is 2.61 bits per heavy atom. The zero-order valence-electron chi connectivity index (χ0n) is 12.1. The fourth-order valence-electron chi connectivity index (χ4n) is 3.03. The summed E-state index contributed by atoms with van der Waals surface area (Å²) in [5, 5.41) is 3.45. The summed E-state index contributed by atoms with van der Waals surface area (Å²) in [6, 6.07) is 0. The van der Waals surface area contributed by atoms with Gasteiger partial charge in [0.25, 0.3) is 0 Å². The monoisotopic (exact) mass is 249 g/mol. The lowest BCUT2D eigenvalue weighted by Crippen LogP contribution is -2.39. The smallest absolute Gasteiger partial charge is 0.0948 e. The van der Waals surface area contributed by atoms with E-state index >= 15 is 0 Å². The minimum atomic E-state index is 0.313. The summed E-state index contributed by atoms with van der Waals surface area (Å²) in [4.78, 5) is 4.41. The molecule has 1 aromatic rings. The number of aromatic nitrogens is 2. The molecule has 102 valence electrons. The summed E-state index contributed by atoms with van der Waals surface area (Å²) in [6.45, 7) is 10.4. The number of rotatable bonds is 5. The van der Waals surface area contributed by atoms with Crippen LogP contribution < -0.4 is 5.32 Å². The zero-order valence-corrected chi connectivity index (χ0v) is 12.1. The minimum Gasteiger partial charge on any atom is -0.334 e. The van der Waals surface area contributed by atoms with Gasteiger partial charge in [-0.05, 0) is 31.8 Å². The van der Waals surface area contributed by atoms with Crippen molar-refractivity contribution in [1.82, 2.24) is 14.9 Å². The van der Waals surface area contributed by atoms with Crippen molar-refractivity contribution >= 4 is 0 Å². The van der Waals surface area contributed by atoms with Crippen LogP contribution in [0.4, 0.5) is 0 Å². The number of nitrogens with zero attached hydrogens (tertiary/aromatic N) is 2. The van der Waals surface area contributed by atoms with E-state index < -0.39 is 0 Å². The molecule has 1 saturated heterocycles. The highest BCUT2D eigenvalue weighted by Crippen LogP contribution is 2.33. The lowest BCUT2D eigenvalue weighted by molar-refractivity contribution is 0.305. The molecular weight excluding hydrogens is 222 g/mol. The van der Waals surface area contributed by atoms with Crippen LogP contribution >= 0.6 is 0 Å². The SMILES string of the molecule is CCC(CC)Cn1cncc1C1(C)CCNCC1. The molecule has 1 fully saturated rings. The van der Waals surface area contributed by atoms with Crippen LogP contribution in [0.1, 0.15) is 52.1 Å².